The summed E-state index contributed by atoms with van der Waals surface area (Å²) in [7, 11) is 0. The van der Waals surface area contributed by atoms with Crippen molar-refractivity contribution in [2.45, 2.75) is 19.8 Å². The number of fused-ring (bicyclic) bond motifs is 1. The van der Waals surface area contributed by atoms with Crippen molar-refractivity contribution in [3.05, 3.63) is 78.8 Å². The minimum atomic E-state index is -0.416. The molecule has 0 saturated heterocycles. The van der Waals surface area contributed by atoms with E-state index in [0.717, 1.165) is 0 Å². The van der Waals surface area contributed by atoms with E-state index in [1.54, 1.807) is 24.3 Å². The second-order valence-corrected chi connectivity index (χ2v) is 7.14. The lowest BCUT2D eigenvalue weighted by Gasteiger charge is -2.07. The number of aromatic nitrogens is 2. The van der Waals surface area contributed by atoms with Gasteiger partial charge in [-0.05, 0) is 35.8 Å². The Balaban J connectivity index is 2.07. The Bertz CT molecular complexity index is 1140. The predicted octanol–water partition coefficient (Wildman–Crippen LogP) is 5.35. The standard InChI is InChI=1S/C19H15Cl2N3O3/c1-10(2)13-5-3-11(8-17(13)24(26)27)7-15(21)18-22-16-6-4-12(20)9-14(16)19(25)23-18/h3-10H,1-2H3,(H,22,23,25)/b15-7-. The van der Waals surface area contributed by atoms with Crippen LogP contribution in [0.3, 0.4) is 0 Å². The summed E-state index contributed by atoms with van der Waals surface area (Å²) in [5.41, 5.74) is 1.28. The molecule has 8 heteroatoms. The molecular formula is C19H15Cl2N3O3. The van der Waals surface area contributed by atoms with E-state index in [9.17, 15) is 14.9 Å². The molecule has 3 rings (SSSR count). The number of benzene rings is 2. The van der Waals surface area contributed by atoms with Crippen molar-refractivity contribution in [3.8, 4) is 0 Å². The van der Waals surface area contributed by atoms with Crippen LogP contribution < -0.4 is 5.56 Å². The van der Waals surface area contributed by atoms with E-state index >= 15 is 0 Å². The van der Waals surface area contributed by atoms with Crippen molar-refractivity contribution in [1.82, 2.24) is 9.97 Å². The van der Waals surface area contributed by atoms with Crippen LogP contribution in [0.2, 0.25) is 5.02 Å². The molecule has 138 valence electrons. The summed E-state index contributed by atoms with van der Waals surface area (Å²) in [6.07, 6.45) is 1.53. The summed E-state index contributed by atoms with van der Waals surface area (Å²) in [5.74, 6) is 0.191. The zero-order valence-corrected chi connectivity index (χ0v) is 16.0. The average molecular weight is 404 g/mol. The molecule has 0 aliphatic carbocycles. The SMILES string of the molecule is CC(C)c1ccc(/C=C(\Cl)c2nc3ccc(Cl)cc3c(=O)[nH]2)cc1[N+](=O)[O-]. The molecule has 1 heterocycles. The van der Waals surface area contributed by atoms with Gasteiger partial charge in [-0.25, -0.2) is 4.98 Å². The van der Waals surface area contributed by atoms with Crippen LogP contribution in [-0.2, 0) is 0 Å². The van der Waals surface area contributed by atoms with E-state index in [2.05, 4.69) is 9.97 Å². The second kappa shape index (κ2) is 7.50. The fourth-order valence-electron chi connectivity index (χ4n) is 2.74. The Labute approximate surface area is 164 Å². The molecule has 27 heavy (non-hydrogen) atoms. The van der Waals surface area contributed by atoms with Crippen LogP contribution >= 0.6 is 23.2 Å². The van der Waals surface area contributed by atoms with Crippen molar-refractivity contribution in [2.75, 3.05) is 0 Å². The molecule has 0 spiro atoms. The Hall–Kier alpha value is -2.70. The largest absolute Gasteiger partial charge is 0.305 e. The zero-order chi connectivity index (χ0) is 19.7. The number of nitro benzene ring substituents is 1. The van der Waals surface area contributed by atoms with E-state index in [-0.39, 0.29) is 28.0 Å². The normalized spacial score (nSPS) is 12.0. The maximum Gasteiger partial charge on any atom is 0.273 e. The number of rotatable bonds is 4. The minimum Gasteiger partial charge on any atom is -0.305 e. The van der Waals surface area contributed by atoms with Gasteiger partial charge >= 0.3 is 0 Å². The molecule has 1 aromatic heterocycles. The predicted molar refractivity (Wildman–Crippen MR) is 108 cm³/mol. The number of H-pyrrole nitrogens is 1. The van der Waals surface area contributed by atoms with Gasteiger partial charge in [-0.2, -0.15) is 0 Å². The Morgan fingerprint density at radius 1 is 1.26 bits per heavy atom. The molecule has 0 radical (unpaired) electrons. The third kappa shape index (κ3) is 4.02. The number of hydrogen-bond donors (Lipinski definition) is 1. The fourth-order valence-corrected chi connectivity index (χ4v) is 3.12. The number of nitrogens with one attached hydrogen (secondary N) is 1. The lowest BCUT2D eigenvalue weighted by atomic mass is 9.99. The van der Waals surface area contributed by atoms with Crippen molar-refractivity contribution in [1.29, 1.82) is 0 Å². The molecule has 0 aliphatic rings. The summed E-state index contributed by atoms with van der Waals surface area (Å²) >= 11 is 12.2. The van der Waals surface area contributed by atoms with Crippen molar-refractivity contribution >= 4 is 50.9 Å². The monoisotopic (exact) mass is 403 g/mol. The highest BCUT2D eigenvalue weighted by molar-refractivity contribution is 6.50. The highest BCUT2D eigenvalue weighted by atomic mass is 35.5. The van der Waals surface area contributed by atoms with Gasteiger partial charge in [0.05, 0.1) is 20.9 Å². The first kappa shape index (κ1) is 19.1. The van der Waals surface area contributed by atoms with Crippen molar-refractivity contribution in [3.63, 3.8) is 0 Å². The molecule has 0 amide bonds. The Morgan fingerprint density at radius 2 is 2.00 bits per heavy atom. The van der Waals surface area contributed by atoms with Crippen LogP contribution in [0.1, 0.15) is 36.7 Å². The third-order valence-electron chi connectivity index (χ3n) is 4.06. The van der Waals surface area contributed by atoms with Gasteiger partial charge in [0, 0.05) is 16.7 Å². The molecule has 3 aromatic rings. The van der Waals surface area contributed by atoms with Crippen LogP contribution in [0.15, 0.2) is 41.2 Å². The molecule has 1 N–H and O–H groups in total. The van der Waals surface area contributed by atoms with Gasteiger partial charge in [-0.3, -0.25) is 14.9 Å². The number of hydrogen-bond acceptors (Lipinski definition) is 4. The lowest BCUT2D eigenvalue weighted by molar-refractivity contribution is -0.385. The maximum absolute atomic E-state index is 12.2. The van der Waals surface area contributed by atoms with E-state index in [1.807, 2.05) is 13.8 Å². The molecule has 0 saturated carbocycles. The summed E-state index contributed by atoms with van der Waals surface area (Å²) < 4.78 is 0. The molecule has 0 bridgehead atoms. The second-order valence-electron chi connectivity index (χ2n) is 6.30. The van der Waals surface area contributed by atoms with Gasteiger partial charge < -0.3 is 4.98 Å². The quantitative estimate of drug-likeness (QED) is 0.469. The summed E-state index contributed by atoms with van der Waals surface area (Å²) in [5, 5.41) is 12.3. The van der Waals surface area contributed by atoms with Crippen molar-refractivity contribution < 1.29 is 4.92 Å². The van der Waals surface area contributed by atoms with Gasteiger partial charge in [0.25, 0.3) is 11.2 Å². The van der Waals surface area contributed by atoms with E-state index in [0.29, 0.717) is 27.1 Å². The Morgan fingerprint density at radius 3 is 2.67 bits per heavy atom. The fraction of sp³-hybridized carbons (Fsp3) is 0.158. The summed E-state index contributed by atoms with van der Waals surface area (Å²) in [4.78, 5) is 30.1. The molecule has 6 nitrogen and oxygen atoms in total. The highest BCUT2D eigenvalue weighted by Gasteiger charge is 2.17. The zero-order valence-electron chi connectivity index (χ0n) is 14.5. The Kier molecular flexibility index (Phi) is 5.30. The molecule has 0 fully saturated rings. The van der Waals surface area contributed by atoms with E-state index in [4.69, 9.17) is 23.2 Å². The molecule has 2 aromatic carbocycles. The smallest absolute Gasteiger partial charge is 0.273 e. The summed E-state index contributed by atoms with van der Waals surface area (Å²) in [6, 6.07) is 9.68. The molecule has 0 atom stereocenters. The van der Waals surface area contributed by atoms with Crippen molar-refractivity contribution in [2.24, 2.45) is 0 Å². The van der Waals surface area contributed by atoms with Crippen LogP contribution in [0.5, 0.6) is 0 Å². The highest BCUT2D eigenvalue weighted by Crippen LogP contribution is 2.29. The average Bonchev–Trinajstić information content (AvgIpc) is 2.61. The minimum absolute atomic E-state index is 0.0178. The van der Waals surface area contributed by atoms with Crippen LogP contribution in [0.25, 0.3) is 22.0 Å². The number of nitrogens with zero attached hydrogens (tertiary/aromatic N) is 2. The van der Waals surface area contributed by atoms with Crippen LogP contribution in [0, 0.1) is 10.1 Å². The van der Waals surface area contributed by atoms with Gasteiger partial charge in [-0.15, -0.1) is 0 Å². The molecule has 0 unspecified atom stereocenters. The third-order valence-corrected chi connectivity index (χ3v) is 4.58. The van der Waals surface area contributed by atoms with Gasteiger partial charge in [0.2, 0.25) is 0 Å². The van der Waals surface area contributed by atoms with E-state index < -0.39 is 4.92 Å². The molecular weight excluding hydrogens is 389 g/mol. The van der Waals surface area contributed by atoms with Crippen LogP contribution in [-0.4, -0.2) is 14.9 Å². The van der Waals surface area contributed by atoms with Gasteiger partial charge in [0.15, 0.2) is 5.82 Å². The van der Waals surface area contributed by atoms with E-state index in [1.165, 1.54) is 18.2 Å². The number of halogens is 2. The first-order chi connectivity index (χ1) is 12.8. The van der Waals surface area contributed by atoms with Gasteiger partial charge in [0.1, 0.15) is 0 Å². The maximum atomic E-state index is 12.2. The first-order valence-electron chi connectivity index (χ1n) is 8.11. The molecule has 0 aliphatic heterocycles. The topological polar surface area (TPSA) is 88.9 Å². The lowest BCUT2D eigenvalue weighted by Crippen LogP contribution is -2.10. The van der Waals surface area contributed by atoms with Gasteiger partial charge in [-0.1, -0.05) is 49.2 Å². The first-order valence-corrected chi connectivity index (χ1v) is 8.87. The number of nitro groups is 1. The number of aromatic amines is 1. The summed E-state index contributed by atoms with van der Waals surface area (Å²) in [6.45, 7) is 3.78. The van der Waals surface area contributed by atoms with Crippen LogP contribution in [0.4, 0.5) is 5.69 Å².